The van der Waals surface area contributed by atoms with Gasteiger partial charge in [-0.1, -0.05) is 0 Å². The Kier molecular flexibility index (Phi) is 3.74. The van der Waals surface area contributed by atoms with Crippen LogP contribution in [0.25, 0.3) is 20.1 Å². The number of halogens is 3. The summed E-state index contributed by atoms with van der Waals surface area (Å²) >= 11 is 5.67. The fourth-order valence-corrected chi connectivity index (χ4v) is 5.43. The van der Waals surface area contributed by atoms with Crippen molar-refractivity contribution in [1.82, 2.24) is 4.98 Å². The number of methoxy groups -OCH3 is 1. The maximum absolute atomic E-state index is 14.1. The van der Waals surface area contributed by atoms with Crippen LogP contribution in [0.1, 0.15) is 17.7 Å². The molecule has 8 heteroatoms. The van der Waals surface area contributed by atoms with Crippen molar-refractivity contribution in [2.45, 2.75) is 18.3 Å². The number of carbonyl (C=O) groups is 1. The predicted molar refractivity (Wildman–Crippen MR) is 93.5 cm³/mol. The molecule has 0 atom stereocenters. The highest BCUT2D eigenvalue weighted by molar-refractivity contribution is 9.10. The SMILES string of the molecule is COC(=O)C1(c2cc3sc(-c4cc(F)c(Br)cc4F)nc3s2)CC1. The zero-order valence-electron chi connectivity index (χ0n) is 12.4. The van der Waals surface area contributed by atoms with Crippen molar-refractivity contribution in [3.8, 4) is 10.6 Å². The first-order valence-corrected chi connectivity index (χ1v) is 9.51. The van der Waals surface area contributed by atoms with Crippen LogP contribution < -0.4 is 0 Å². The molecule has 0 spiro atoms. The summed E-state index contributed by atoms with van der Waals surface area (Å²) in [7, 11) is 1.39. The van der Waals surface area contributed by atoms with E-state index in [0.717, 1.165) is 39.4 Å². The summed E-state index contributed by atoms with van der Waals surface area (Å²) in [5.41, 5.74) is -0.394. The molecule has 4 rings (SSSR count). The summed E-state index contributed by atoms with van der Waals surface area (Å²) in [6.07, 6.45) is 1.54. The van der Waals surface area contributed by atoms with Crippen LogP contribution in [-0.2, 0) is 14.9 Å². The first-order chi connectivity index (χ1) is 11.4. The monoisotopic (exact) mass is 429 g/mol. The van der Waals surface area contributed by atoms with Crippen LogP contribution in [0.5, 0.6) is 0 Å². The third-order valence-corrected chi connectivity index (χ3v) is 7.13. The van der Waals surface area contributed by atoms with Gasteiger partial charge in [-0.05, 0) is 47.0 Å². The Hall–Kier alpha value is -1.38. The number of hydrogen-bond donors (Lipinski definition) is 0. The van der Waals surface area contributed by atoms with Crippen LogP contribution in [0.2, 0.25) is 0 Å². The standard InChI is InChI=1S/C16H10BrF2NO2S2/c1-22-15(21)16(2-3-16)12-6-11-14(24-12)20-13(23-11)7-4-10(19)8(17)5-9(7)18/h4-6H,2-3H2,1H3. The fraction of sp³-hybridized carbons (Fsp3) is 0.250. The molecule has 0 aliphatic heterocycles. The van der Waals surface area contributed by atoms with E-state index in [1.165, 1.54) is 29.8 Å². The molecule has 1 saturated carbocycles. The highest BCUT2D eigenvalue weighted by atomic mass is 79.9. The Labute approximate surface area is 152 Å². The Bertz CT molecular complexity index is 947. The van der Waals surface area contributed by atoms with Gasteiger partial charge in [-0.3, -0.25) is 4.79 Å². The highest BCUT2D eigenvalue weighted by Gasteiger charge is 2.53. The number of aromatic nitrogens is 1. The number of benzene rings is 1. The minimum atomic E-state index is -0.534. The average Bonchev–Trinajstić information content (AvgIpc) is 3.12. The lowest BCUT2D eigenvalue weighted by Crippen LogP contribution is -2.20. The molecule has 3 nitrogen and oxygen atoms in total. The number of hydrogen-bond acceptors (Lipinski definition) is 5. The molecule has 0 amide bonds. The maximum atomic E-state index is 14.1. The summed E-state index contributed by atoms with van der Waals surface area (Å²) in [4.78, 5) is 18.0. The number of thiazole rings is 1. The van der Waals surface area contributed by atoms with E-state index in [1.807, 2.05) is 6.07 Å². The van der Waals surface area contributed by atoms with Gasteiger partial charge >= 0.3 is 5.97 Å². The van der Waals surface area contributed by atoms with E-state index < -0.39 is 17.0 Å². The molecule has 0 unspecified atom stereocenters. The van der Waals surface area contributed by atoms with Gasteiger partial charge in [-0.15, -0.1) is 22.7 Å². The quantitative estimate of drug-likeness (QED) is 0.420. The molecular weight excluding hydrogens is 420 g/mol. The minimum Gasteiger partial charge on any atom is -0.468 e. The first kappa shape index (κ1) is 16.1. The van der Waals surface area contributed by atoms with E-state index >= 15 is 0 Å². The third-order valence-electron chi connectivity index (χ3n) is 4.13. The molecule has 0 N–H and O–H groups in total. The van der Waals surface area contributed by atoms with E-state index in [9.17, 15) is 13.6 Å². The molecule has 0 saturated heterocycles. The molecule has 0 bridgehead atoms. The van der Waals surface area contributed by atoms with Crippen LogP contribution >= 0.6 is 38.6 Å². The summed E-state index contributed by atoms with van der Waals surface area (Å²) in [6.45, 7) is 0. The summed E-state index contributed by atoms with van der Waals surface area (Å²) in [5, 5.41) is 0.426. The van der Waals surface area contributed by atoms with Crippen LogP contribution in [0.15, 0.2) is 22.7 Å². The van der Waals surface area contributed by atoms with Crippen LogP contribution in [-0.4, -0.2) is 18.1 Å². The van der Waals surface area contributed by atoms with E-state index in [1.54, 1.807) is 0 Å². The molecular formula is C16H10BrF2NO2S2. The number of rotatable bonds is 3. The van der Waals surface area contributed by atoms with Crippen molar-refractivity contribution in [3.63, 3.8) is 0 Å². The predicted octanol–water partition coefficient (Wildman–Crippen LogP) is 5.27. The summed E-state index contributed by atoms with van der Waals surface area (Å²) in [6, 6.07) is 4.15. The topological polar surface area (TPSA) is 39.2 Å². The molecule has 1 aliphatic rings. The summed E-state index contributed by atoms with van der Waals surface area (Å²) in [5.74, 6) is -1.29. The molecule has 124 valence electrons. The van der Waals surface area contributed by atoms with Gasteiger partial charge in [-0.25, -0.2) is 13.8 Å². The number of ether oxygens (including phenoxy) is 1. The molecule has 2 heterocycles. The van der Waals surface area contributed by atoms with Gasteiger partial charge in [0.25, 0.3) is 0 Å². The largest absolute Gasteiger partial charge is 0.468 e. The molecule has 1 fully saturated rings. The van der Waals surface area contributed by atoms with Gasteiger partial charge in [0.1, 0.15) is 26.9 Å². The van der Waals surface area contributed by atoms with E-state index in [0.29, 0.717) is 5.01 Å². The van der Waals surface area contributed by atoms with Gasteiger partial charge in [0.05, 0.1) is 16.3 Å². The molecule has 1 aromatic carbocycles. The molecule has 24 heavy (non-hydrogen) atoms. The van der Waals surface area contributed by atoms with Crippen LogP contribution in [0.4, 0.5) is 8.78 Å². The van der Waals surface area contributed by atoms with E-state index in [4.69, 9.17) is 4.74 Å². The van der Waals surface area contributed by atoms with Crippen molar-refractivity contribution in [2.24, 2.45) is 0 Å². The smallest absolute Gasteiger partial charge is 0.317 e. The maximum Gasteiger partial charge on any atom is 0.317 e. The lowest BCUT2D eigenvalue weighted by atomic mass is 10.1. The second kappa shape index (κ2) is 5.57. The minimum absolute atomic E-state index is 0.0816. The third kappa shape index (κ3) is 2.39. The second-order valence-electron chi connectivity index (χ2n) is 5.62. The Morgan fingerprint density at radius 3 is 2.62 bits per heavy atom. The number of thiophene rings is 1. The van der Waals surface area contributed by atoms with Gasteiger partial charge in [0, 0.05) is 10.4 Å². The number of fused-ring (bicyclic) bond motifs is 1. The van der Waals surface area contributed by atoms with Gasteiger partial charge in [0.2, 0.25) is 0 Å². The summed E-state index contributed by atoms with van der Waals surface area (Å²) < 4.78 is 33.6. The van der Waals surface area contributed by atoms with Crippen molar-refractivity contribution in [3.05, 3.63) is 39.2 Å². The zero-order valence-corrected chi connectivity index (χ0v) is 15.6. The highest BCUT2D eigenvalue weighted by Crippen LogP contribution is 2.53. The van der Waals surface area contributed by atoms with Crippen LogP contribution in [0, 0.1) is 11.6 Å². The Morgan fingerprint density at radius 1 is 1.25 bits per heavy atom. The average molecular weight is 430 g/mol. The van der Waals surface area contributed by atoms with E-state index in [2.05, 4.69) is 20.9 Å². The number of carbonyl (C=O) groups excluding carboxylic acids is 1. The number of nitrogens with zero attached hydrogens (tertiary/aromatic N) is 1. The Balaban J connectivity index is 1.75. The van der Waals surface area contributed by atoms with Gasteiger partial charge in [-0.2, -0.15) is 0 Å². The van der Waals surface area contributed by atoms with Crippen molar-refractivity contribution in [1.29, 1.82) is 0 Å². The second-order valence-corrected chi connectivity index (χ2v) is 8.53. The fourth-order valence-electron chi connectivity index (χ4n) is 2.64. The van der Waals surface area contributed by atoms with E-state index in [-0.39, 0.29) is 16.0 Å². The lowest BCUT2D eigenvalue weighted by Gasteiger charge is -2.09. The van der Waals surface area contributed by atoms with Crippen molar-refractivity contribution < 1.29 is 18.3 Å². The van der Waals surface area contributed by atoms with Gasteiger partial charge < -0.3 is 4.74 Å². The van der Waals surface area contributed by atoms with Gasteiger partial charge in [0.15, 0.2) is 0 Å². The number of esters is 1. The molecule has 0 radical (unpaired) electrons. The lowest BCUT2D eigenvalue weighted by molar-refractivity contribution is -0.143. The zero-order chi connectivity index (χ0) is 17.1. The molecule has 2 aromatic heterocycles. The van der Waals surface area contributed by atoms with Crippen molar-refractivity contribution >= 4 is 54.1 Å². The normalized spacial score (nSPS) is 15.7. The Morgan fingerprint density at radius 2 is 2.00 bits per heavy atom. The first-order valence-electron chi connectivity index (χ1n) is 7.09. The molecule has 3 aromatic rings. The molecule has 1 aliphatic carbocycles. The van der Waals surface area contributed by atoms with Crippen molar-refractivity contribution in [2.75, 3.05) is 7.11 Å². The van der Waals surface area contributed by atoms with Crippen LogP contribution in [0.3, 0.4) is 0 Å².